The number of fused-ring (bicyclic) bond motifs is 1. The maximum Gasteiger partial charge on any atom is 0.264 e. The molecule has 1 heterocycles. The first kappa shape index (κ1) is 4.73. The lowest BCUT2D eigenvalue weighted by Crippen LogP contribution is -2.19. The predicted octanol–water partition coefficient (Wildman–Crippen LogP) is -0.132. The van der Waals surface area contributed by atoms with Gasteiger partial charge >= 0.3 is 0 Å². The molecule has 1 aromatic rings. The van der Waals surface area contributed by atoms with Gasteiger partial charge in [0.05, 0.1) is 5.69 Å². The Balaban J connectivity index is 2.70. The van der Waals surface area contributed by atoms with Gasteiger partial charge in [0.2, 0.25) is 0 Å². The first-order valence-electron chi connectivity index (χ1n) is 2.94. The van der Waals surface area contributed by atoms with Gasteiger partial charge in [-0.15, -0.1) is 0 Å². The van der Waals surface area contributed by atoms with Crippen LogP contribution in [0.2, 0.25) is 0 Å². The molecule has 1 aliphatic rings. The summed E-state index contributed by atoms with van der Waals surface area (Å²) in [7, 11) is 0. The van der Waals surface area contributed by atoms with E-state index in [4.69, 9.17) is 0 Å². The largest absolute Gasteiger partial charge is 0.268 e. The Labute approximate surface area is 51.7 Å². The minimum absolute atomic E-state index is 0.0894. The fourth-order valence-electron chi connectivity index (χ4n) is 0.977. The molecule has 0 saturated carbocycles. The molecule has 0 spiro atoms. The van der Waals surface area contributed by atoms with Crippen molar-refractivity contribution in [3.63, 3.8) is 0 Å². The van der Waals surface area contributed by atoms with Gasteiger partial charge in [0, 0.05) is 6.07 Å². The first-order chi connectivity index (χ1) is 4.36. The molecule has 0 radical (unpaired) electrons. The van der Waals surface area contributed by atoms with Crippen molar-refractivity contribution in [2.24, 2.45) is 0 Å². The van der Waals surface area contributed by atoms with Crippen LogP contribution >= 0.6 is 0 Å². The maximum atomic E-state index is 10.6. The van der Waals surface area contributed by atoms with Gasteiger partial charge in [0.15, 0.2) is 0 Å². The van der Waals surface area contributed by atoms with Crippen LogP contribution in [-0.4, -0.2) is 10.2 Å². The zero-order valence-corrected chi connectivity index (χ0v) is 4.85. The number of aryl methyl sites for hydroxylation is 2. The Morgan fingerprint density at radius 1 is 1.56 bits per heavy atom. The van der Waals surface area contributed by atoms with E-state index in [1.807, 2.05) is 0 Å². The van der Waals surface area contributed by atoms with Crippen molar-refractivity contribution in [2.45, 2.75) is 12.8 Å². The molecule has 0 fully saturated rings. The van der Waals surface area contributed by atoms with Crippen molar-refractivity contribution in [3.8, 4) is 0 Å². The summed E-state index contributed by atoms with van der Waals surface area (Å²) in [6.07, 6.45) is 2.04. The fourth-order valence-corrected chi connectivity index (χ4v) is 0.977. The third-order valence-electron chi connectivity index (χ3n) is 1.61. The molecule has 2 rings (SSSR count). The van der Waals surface area contributed by atoms with E-state index < -0.39 is 0 Å². The Morgan fingerprint density at radius 2 is 2.44 bits per heavy atom. The van der Waals surface area contributed by atoms with Crippen LogP contribution < -0.4 is 5.56 Å². The van der Waals surface area contributed by atoms with Crippen LogP contribution in [0.15, 0.2) is 10.9 Å². The quantitative estimate of drug-likeness (QED) is 0.521. The molecule has 9 heavy (non-hydrogen) atoms. The third kappa shape index (κ3) is 0.575. The number of nitrogens with zero attached hydrogens (tertiary/aromatic N) is 1. The summed E-state index contributed by atoms with van der Waals surface area (Å²) < 4.78 is 0. The summed E-state index contributed by atoms with van der Waals surface area (Å²) in [5, 5.41) is 6.21. The molecule has 3 heteroatoms. The van der Waals surface area contributed by atoms with Crippen molar-refractivity contribution >= 4 is 0 Å². The van der Waals surface area contributed by atoms with E-state index in [0.29, 0.717) is 0 Å². The highest BCUT2D eigenvalue weighted by Crippen LogP contribution is 2.15. The molecule has 0 amide bonds. The number of rotatable bonds is 0. The highest BCUT2D eigenvalue weighted by molar-refractivity contribution is 5.26. The van der Waals surface area contributed by atoms with Gasteiger partial charge in [0.1, 0.15) is 0 Å². The van der Waals surface area contributed by atoms with E-state index in [1.165, 1.54) is 0 Å². The number of nitrogens with one attached hydrogen (secondary N) is 1. The Hall–Kier alpha value is -1.12. The zero-order chi connectivity index (χ0) is 6.27. The normalized spacial score (nSPS) is 14.2. The molecule has 0 aromatic carbocycles. The van der Waals surface area contributed by atoms with Crippen LogP contribution in [0.3, 0.4) is 0 Å². The monoisotopic (exact) mass is 122 g/mol. The van der Waals surface area contributed by atoms with Crippen LogP contribution in [-0.2, 0) is 12.8 Å². The molecule has 0 aliphatic heterocycles. The standard InChI is InChI=1S/C6H6N2O/c9-6-3-4-1-2-5(4)7-8-6/h3H,1-2H2,(H,8,9). The second-order valence-corrected chi connectivity index (χ2v) is 2.20. The molecular weight excluding hydrogens is 116 g/mol. The van der Waals surface area contributed by atoms with Crippen molar-refractivity contribution in [3.05, 3.63) is 27.7 Å². The van der Waals surface area contributed by atoms with Crippen LogP contribution in [0, 0.1) is 0 Å². The molecule has 0 saturated heterocycles. The van der Waals surface area contributed by atoms with Gasteiger partial charge in [-0.2, -0.15) is 5.10 Å². The van der Waals surface area contributed by atoms with E-state index in [-0.39, 0.29) is 5.56 Å². The lowest BCUT2D eigenvalue weighted by atomic mass is 9.95. The molecule has 1 N–H and O–H groups in total. The number of aromatic amines is 1. The predicted molar refractivity (Wildman–Crippen MR) is 32.3 cm³/mol. The Morgan fingerprint density at radius 3 is 2.89 bits per heavy atom. The summed E-state index contributed by atoms with van der Waals surface area (Å²) in [6.45, 7) is 0. The van der Waals surface area contributed by atoms with Gasteiger partial charge in [-0.05, 0) is 18.4 Å². The maximum absolute atomic E-state index is 10.6. The summed E-state index contributed by atoms with van der Waals surface area (Å²) in [4.78, 5) is 10.6. The van der Waals surface area contributed by atoms with Gasteiger partial charge in [-0.25, -0.2) is 5.10 Å². The van der Waals surface area contributed by atoms with Crippen LogP contribution in [0.5, 0.6) is 0 Å². The van der Waals surface area contributed by atoms with Gasteiger partial charge in [0.25, 0.3) is 5.56 Å². The first-order valence-corrected chi connectivity index (χ1v) is 2.94. The SMILES string of the molecule is O=c1cc2c(n[nH]1)CC2. The van der Waals surface area contributed by atoms with E-state index in [0.717, 1.165) is 24.1 Å². The molecule has 0 bridgehead atoms. The van der Waals surface area contributed by atoms with Crippen LogP contribution in [0.1, 0.15) is 11.3 Å². The molecule has 0 unspecified atom stereocenters. The molecule has 3 nitrogen and oxygen atoms in total. The van der Waals surface area contributed by atoms with Gasteiger partial charge in [-0.3, -0.25) is 4.79 Å². The van der Waals surface area contributed by atoms with Gasteiger partial charge < -0.3 is 0 Å². The smallest absolute Gasteiger partial charge is 0.264 e. The van der Waals surface area contributed by atoms with Gasteiger partial charge in [-0.1, -0.05) is 0 Å². The summed E-state index contributed by atoms with van der Waals surface area (Å²) in [5.74, 6) is 0. The lowest BCUT2D eigenvalue weighted by Gasteiger charge is -2.13. The van der Waals surface area contributed by atoms with Crippen molar-refractivity contribution in [1.29, 1.82) is 0 Å². The van der Waals surface area contributed by atoms with E-state index in [2.05, 4.69) is 10.2 Å². The second-order valence-electron chi connectivity index (χ2n) is 2.20. The average molecular weight is 122 g/mol. The number of hydrogen-bond donors (Lipinski definition) is 1. The van der Waals surface area contributed by atoms with Crippen molar-refractivity contribution in [2.75, 3.05) is 0 Å². The molecule has 1 aliphatic carbocycles. The lowest BCUT2D eigenvalue weighted by molar-refractivity contribution is 0.737. The number of aromatic nitrogens is 2. The molecular formula is C6H6N2O. The highest BCUT2D eigenvalue weighted by atomic mass is 16.1. The minimum atomic E-state index is -0.0894. The minimum Gasteiger partial charge on any atom is -0.268 e. The van der Waals surface area contributed by atoms with Crippen molar-refractivity contribution < 1.29 is 0 Å². The third-order valence-corrected chi connectivity index (χ3v) is 1.61. The second kappa shape index (κ2) is 1.43. The number of hydrogen-bond acceptors (Lipinski definition) is 2. The summed E-state index contributed by atoms with van der Waals surface area (Å²) in [6, 6.07) is 1.62. The topological polar surface area (TPSA) is 45.8 Å². The summed E-state index contributed by atoms with van der Waals surface area (Å²) in [5.41, 5.74) is 2.07. The highest BCUT2D eigenvalue weighted by Gasteiger charge is 2.13. The number of H-pyrrole nitrogens is 1. The van der Waals surface area contributed by atoms with E-state index >= 15 is 0 Å². The van der Waals surface area contributed by atoms with E-state index in [9.17, 15) is 4.79 Å². The van der Waals surface area contributed by atoms with Crippen LogP contribution in [0.25, 0.3) is 0 Å². The fraction of sp³-hybridized carbons (Fsp3) is 0.333. The van der Waals surface area contributed by atoms with Crippen LogP contribution in [0.4, 0.5) is 0 Å². The van der Waals surface area contributed by atoms with Crippen molar-refractivity contribution in [1.82, 2.24) is 10.2 Å². The average Bonchev–Trinajstić information content (AvgIpc) is 1.78. The zero-order valence-electron chi connectivity index (χ0n) is 4.85. The molecule has 0 atom stereocenters. The Kier molecular flexibility index (Phi) is 0.754. The molecule has 46 valence electrons. The summed E-state index contributed by atoms with van der Waals surface area (Å²) >= 11 is 0. The van der Waals surface area contributed by atoms with E-state index in [1.54, 1.807) is 6.07 Å². The molecule has 1 aromatic heterocycles. The Bertz CT molecular complexity index is 289.